The van der Waals surface area contributed by atoms with Crippen molar-refractivity contribution in [2.45, 2.75) is 12.3 Å². The van der Waals surface area contributed by atoms with Crippen LogP contribution in [0.3, 0.4) is 0 Å². The third kappa shape index (κ3) is 3.02. The van der Waals surface area contributed by atoms with Gasteiger partial charge in [-0.15, -0.1) is 0 Å². The molecule has 1 aliphatic heterocycles. The molecule has 1 N–H and O–H groups in total. The molecule has 2 aromatic carbocycles. The molecule has 2 aromatic rings. The molecule has 0 bridgehead atoms. The van der Waals surface area contributed by atoms with Crippen molar-refractivity contribution in [2.24, 2.45) is 0 Å². The van der Waals surface area contributed by atoms with E-state index in [1.165, 1.54) is 0 Å². The van der Waals surface area contributed by atoms with Gasteiger partial charge in [-0.25, -0.2) is 13.2 Å². The molecular formula is C17H14F3NO2. The minimum Gasteiger partial charge on any atom is -0.493 e. The first-order valence-corrected chi connectivity index (χ1v) is 7.21. The Labute approximate surface area is 131 Å². The number of para-hydroxylation sites is 1. The minimum atomic E-state index is -1.64. The summed E-state index contributed by atoms with van der Waals surface area (Å²) in [5, 5.41) is 2.57. The van der Waals surface area contributed by atoms with E-state index in [0.29, 0.717) is 13.0 Å². The maximum Gasteiger partial charge on any atom is 0.254 e. The Hall–Kier alpha value is -2.50. The zero-order valence-corrected chi connectivity index (χ0v) is 12.1. The average Bonchev–Trinajstić information content (AvgIpc) is 2.57. The van der Waals surface area contributed by atoms with Crippen LogP contribution in [0.15, 0.2) is 36.4 Å². The van der Waals surface area contributed by atoms with E-state index >= 15 is 0 Å². The highest BCUT2D eigenvalue weighted by molar-refractivity contribution is 5.94. The Morgan fingerprint density at radius 3 is 2.74 bits per heavy atom. The first-order chi connectivity index (χ1) is 11.1. The van der Waals surface area contributed by atoms with E-state index in [1.54, 1.807) is 0 Å². The first kappa shape index (κ1) is 15.4. The lowest BCUT2D eigenvalue weighted by atomic mass is 9.93. The lowest BCUT2D eigenvalue weighted by molar-refractivity contribution is 0.0943. The monoisotopic (exact) mass is 321 g/mol. The standard InChI is InChI=1S/C17H14F3NO2/c18-13-6-5-12(15(19)16(13)20)17(22)21-9-10-7-8-23-14-4-2-1-3-11(10)14/h1-6,10H,7-9H2,(H,21,22). The molecule has 1 aliphatic rings. The van der Waals surface area contributed by atoms with Gasteiger partial charge >= 0.3 is 0 Å². The van der Waals surface area contributed by atoms with E-state index in [-0.39, 0.29) is 12.5 Å². The summed E-state index contributed by atoms with van der Waals surface area (Å²) >= 11 is 0. The second-order valence-electron chi connectivity index (χ2n) is 5.30. The van der Waals surface area contributed by atoms with E-state index < -0.39 is 28.9 Å². The Bertz CT molecular complexity index is 749. The van der Waals surface area contributed by atoms with Crippen LogP contribution < -0.4 is 10.1 Å². The number of amides is 1. The summed E-state index contributed by atoms with van der Waals surface area (Å²) in [5.74, 6) is -4.43. The molecule has 0 saturated heterocycles. The summed E-state index contributed by atoms with van der Waals surface area (Å²) in [6.07, 6.45) is 0.706. The van der Waals surface area contributed by atoms with Crippen LogP contribution in [0.1, 0.15) is 28.3 Å². The Kier molecular flexibility index (Phi) is 4.23. The van der Waals surface area contributed by atoms with E-state index in [9.17, 15) is 18.0 Å². The molecule has 3 nitrogen and oxygen atoms in total. The minimum absolute atomic E-state index is 0.0252. The molecule has 0 spiro atoms. The predicted octanol–water partition coefficient (Wildman–Crippen LogP) is 3.40. The number of hydrogen-bond donors (Lipinski definition) is 1. The summed E-state index contributed by atoms with van der Waals surface area (Å²) in [7, 11) is 0. The second kappa shape index (κ2) is 6.32. The topological polar surface area (TPSA) is 38.3 Å². The van der Waals surface area contributed by atoms with Gasteiger partial charge in [-0.1, -0.05) is 18.2 Å². The van der Waals surface area contributed by atoms with Crippen LogP contribution in [-0.4, -0.2) is 19.1 Å². The number of carbonyl (C=O) groups excluding carboxylic acids is 1. The Balaban J connectivity index is 1.72. The fourth-order valence-corrected chi connectivity index (χ4v) is 2.64. The maximum atomic E-state index is 13.6. The molecule has 1 heterocycles. The van der Waals surface area contributed by atoms with Crippen molar-refractivity contribution in [3.63, 3.8) is 0 Å². The van der Waals surface area contributed by atoms with E-state index in [4.69, 9.17) is 4.74 Å². The zero-order chi connectivity index (χ0) is 16.4. The van der Waals surface area contributed by atoms with Crippen LogP contribution >= 0.6 is 0 Å². The molecule has 23 heavy (non-hydrogen) atoms. The molecule has 0 aromatic heterocycles. The second-order valence-corrected chi connectivity index (χ2v) is 5.30. The summed E-state index contributed by atoms with van der Waals surface area (Å²) in [6.45, 7) is 0.786. The highest BCUT2D eigenvalue weighted by atomic mass is 19.2. The van der Waals surface area contributed by atoms with Crippen molar-refractivity contribution < 1.29 is 22.7 Å². The highest BCUT2D eigenvalue weighted by Crippen LogP contribution is 2.32. The maximum absolute atomic E-state index is 13.6. The average molecular weight is 321 g/mol. The molecule has 6 heteroatoms. The summed E-state index contributed by atoms with van der Waals surface area (Å²) < 4.78 is 45.3. The van der Waals surface area contributed by atoms with Gasteiger partial charge in [0.15, 0.2) is 17.5 Å². The number of fused-ring (bicyclic) bond motifs is 1. The van der Waals surface area contributed by atoms with Crippen molar-refractivity contribution in [3.05, 3.63) is 65.0 Å². The molecule has 0 fully saturated rings. The Morgan fingerprint density at radius 2 is 1.91 bits per heavy atom. The fraction of sp³-hybridized carbons (Fsp3) is 0.235. The summed E-state index contributed by atoms with van der Waals surface area (Å²) in [6, 6.07) is 9.15. The molecule has 120 valence electrons. The molecule has 3 rings (SSSR count). The van der Waals surface area contributed by atoms with Gasteiger partial charge in [0.1, 0.15) is 5.75 Å². The van der Waals surface area contributed by atoms with Crippen LogP contribution in [0.4, 0.5) is 13.2 Å². The van der Waals surface area contributed by atoms with Crippen LogP contribution in [0.5, 0.6) is 5.75 Å². The van der Waals surface area contributed by atoms with Crippen LogP contribution in [0.2, 0.25) is 0 Å². The van der Waals surface area contributed by atoms with E-state index in [1.807, 2.05) is 24.3 Å². The number of rotatable bonds is 3. The van der Waals surface area contributed by atoms with Gasteiger partial charge in [0.25, 0.3) is 5.91 Å². The number of benzene rings is 2. The molecule has 0 saturated carbocycles. The summed E-state index contributed by atoms with van der Waals surface area (Å²) in [4.78, 5) is 12.0. The quantitative estimate of drug-likeness (QED) is 0.880. The van der Waals surface area contributed by atoms with E-state index in [0.717, 1.165) is 23.4 Å². The van der Waals surface area contributed by atoms with E-state index in [2.05, 4.69) is 5.32 Å². The molecular weight excluding hydrogens is 307 g/mol. The van der Waals surface area contributed by atoms with Gasteiger partial charge in [0, 0.05) is 12.5 Å². The lowest BCUT2D eigenvalue weighted by Gasteiger charge is -2.26. The van der Waals surface area contributed by atoms with Gasteiger partial charge in [-0.3, -0.25) is 4.79 Å². The summed E-state index contributed by atoms with van der Waals surface area (Å²) in [5.41, 5.74) is 0.453. The molecule has 1 unspecified atom stereocenters. The zero-order valence-electron chi connectivity index (χ0n) is 12.1. The van der Waals surface area contributed by atoms with Crippen LogP contribution in [-0.2, 0) is 0 Å². The van der Waals surface area contributed by atoms with Gasteiger partial charge in [0.2, 0.25) is 0 Å². The van der Waals surface area contributed by atoms with Gasteiger partial charge in [-0.05, 0) is 30.2 Å². The number of halogens is 3. The van der Waals surface area contributed by atoms with Crippen molar-refractivity contribution in [2.75, 3.05) is 13.2 Å². The van der Waals surface area contributed by atoms with Crippen molar-refractivity contribution >= 4 is 5.91 Å². The van der Waals surface area contributed by atoms with Crippen LogP contribution in [0.25, 0.3) is 0 Å². The number of carbonyl (C=O) groups is 1. The fourth-order valence-electron chi connectivity index (χ4n) is 2.64. The number of ether oxygens (including phenoxy) is 1. The largest absolute Gasteiger partial charge is 0.493 e. The van der Waals surface area contributed by atoms with Gasteiger partial charge < -0.3 is 10.1 Å². The highest BCUT2D eigenvalue weighted by Gasteiger charge is 2.23. The first-order valence-electron chi connectivity index (χ1n) is 7.21. The van der Waals surface area contributed by atoms with Gasteiger partial charge in [0.05, 0.1) is 12.2 Å². The third-order valence-electron chi connectivity index (χ3n) is 3.87. The normalized spacial score (nSPS) is 16.4. The van der Waals surface area contributed by atoms with Crippen LogP contribution in [0, 0.1) is 17.5 Å². The van der Waals surface area contributed by atoms with Crippen molar-refractivity contribution in [1.82, 2.24) is 5.32 Å². The van der Waals surface area contributed by atoms with Crippen molar-refractivity contribution in [3.8, 4) is 5.75 Å². The smallest absolute Gasteiger partial charge is 0.254 e. The number of hydrogen-bond acceptors (Lipinski definition) is 2. The number of nitrogens with one attached hydrogen (secondary N) is 1. The Morgan fingerprint density at radius 1 is 1.13 bits per heavy atom. The molecule has 1 amide bonds. The molecule has 0 radical (unpaired) electrons. The SMILES string of the molecule is O=C(NCC1CCOc2ccccc21)c1ccc(F)c(F)c1F. The molecule has 1 atom stereocenters. The lowest BCUT2D eigenvalue weighted by Crippen LogP contribution is -2.31. The van der Waals surface area contributed by atoms with Crippen molar-refractivity contribution in [1.29, 1.82) is 0 Å². The van der Waals surface area contributed by atoms with Gasteiger partial charge in [-0.2, -0.15) is 0 Å². The molecule has 0 aliphatic carbocycles. The predicted molar refractivity (Wildman–Crippen MR) is 77.9 cm³/mol. The third-order valence-corrected chi connectivity index (χ3v) is 3.87.